The van der Waals surface area contributed by atoms with Crippen LogP contribution in [0.15, 0.2) is 24.3 Å². The second-order valence-electron chi connectivity index (χ2n) is 5.47. The molecule has 1 aliphatic rings. The Bertz CT molecular complexity index is 470. The topological polar surface area (TPSA) is 21.3 Å². The molecule has 19 heavy (non-hydrogen) atoms. The smallest absolute Gasteiger partial charge is 0.411 e. The number of benzene rings is 1. The Morgan fingerprint density at radius 1 is 1.26 bits per heavy atom. The van der Waals surface area contributed by atoms with Crippen molar-refractivity contribution in [2.75, 3.05) is 6.54 Å². The first kappa shape index (κ1) is 14.2. The maximum Gasteiger partial charge on any atom is 0.411 e. The third-order valence-electron chi connectivity index (χ3n) is 3.39. The predicted molar refractivity (Wildman–Crippen MR) is 67.2 cm³/mol. The van der Waals surface area contributed by atoms with Crippen LogP contribution in [0.3, 0.4) is 0 Å². The minimum atomic E-state index is -4.37. The summed E-state index contributed by atoms with van der Waals surface area (Å²) in [5.41, 5.74) is -2.74. The maximum absolute atomic E-state index is 13.7. The van der Waals surface area contributed by atoms with Crippen LogP contribution in [0.25, 0.3) is 0 Å². The van der Waals surface area contributed by atoms with Crippen molar-refractivity contribution in [3.63, 3.8) is 0 Å². The van der Waals surface area contributed by atoms with Crippen molar-refractivity contribution in [2.45, 2.75) is 44.5 Å². The standard InChI is InChI=1S/C14H18F3NO/c1-4-18-13(14(15,16)17)9-12(2,3)19-11-8-6-5-7-10(11)13/h5-8,18H,4,9H2,1-3H3. The highest BCUT2D eigenvalue weighted by Crippen LogP contribution is 2.51. The van der Waals surface area contributed by atoms with Crippen LogP contribution in [-0.2, 0) is 5.54 Å². The van der Waals surface area contributed by atoms with E-state index in [-0.39, 0.29) is 18.5 Å². The molecule has 1 aliphatic heterocycles. The lowest BCUT2D eigenvalue weighted by molar-refractivity contribution is -0.219. The molecule has 0 spiro atoms. The van der Waals surface area contributed by atoms with Crippen molar-refractivity contribution in [1.29, 1.82) is 0 Å². The number of rotatable bonds is 2. The molecule has 1 aromatic rings. The molecule has 1 atom stereocenters. The Kier molecular flexibility index (Phi) is 3.29. The second-order valence-corrected chi connectivity index (χ2v) is 5.47. The highest BCUT2D eigenvalue weighted by atomic mass is 19.4. The molecule has 0 bridgehead atoms. The molecule has 0 saturated carbocycles. The lowest BCUT2D eigenvalue weighted by Crippen LogP contribution is -2.60. The lowest BCUT2D eigenvalue weighted by atomic mass is 9.77. The van der Waals surface area contributed by atoms with Crippen LogP contribution in [0.5, 0.6) is 5.75 Å². The highest BCUT2D eigenvalue weighted by molar-refractivity contribution is 5.43. The normalized spacial score (nSPS) is 25.6. The van der Waals surface area contributed by atoms with E-state index >= 15 is 0 Å². The largest absolute Gasteiger partial charge is 0.487 e. The molecule has 0 radical (unpaired) electrons. The van der Waals surface area contributed by atoms with E-state index in [2.05, 4.69) is 5.32 Å². The summed E-state index contributed by atoms with van der Waals surface area (Å²) < 4.78 is 46.7. The first-order chi connectivity index (χ1) is 8.72. The van der Waals surface area contributed by atoms with Crippen LogP contribution >= 0.6 is 0 Å². The van der Waals surface area contributed by atoms with Gasteiger partial charge in [-0.15, -0.1) is 0 Å². The Labute approximate surface area is 111 Å². The molecule has 0 saturated heterocycles. The zero-order valence-electron chi connectivity index (χ0n) is 11.3. The SMILES string of the molecule is CCNC1(C(F)(F)F)CC(C)(C)Oc2ccccc21. The zero-order chi connectivity index (χ0) is 14.3. The first-order valence-corrected chi connectivity index (χ1v) is 6.32. The summed E-state index contributed by atoms with van der Waals surface area (Å²) in [6, 6.07) is 6.38. The van der Waals surface area contributed by atoms with Crippen LogP contribution in [0.4, 0.5) is 13.2 Å². The van der Waals surface area contributed by atoms with E-state index in [0.29, 0.717) is 5.75 Å². The Balaban J connectivity index is 2.65. The molecular weight excluding hydrogens is 255 g/mol. The van der Waals surface area contributed by atoms with Gasteiger partial charge >= 0.3 is 6.18 Å². The molecule has 2 nitrogen and oxygen atoms in total. The van der Waals surface area contributed by atoms with Crippen LogP contribution in [0, 0.1) is 0 Å². The van der Waals surface area contributed by atoms with Crippen molar-refractivity contribution in [3.05, 3.63) is 29.8 Å². The number of hydrogen-bond donors (Lipinski definition) is 1. The quantitative estimate of drug-likeness (QED) is 0.888. The highest BCUT2D eigenvalue weighted by Gasteiger charge is 2.61. The monoisotopic (exact) mass is 273 g/mol. The number of fused-ring (bicyclic) bond motifs is 1. The minimum Gasteiger partial charge on any atom is -0.487 e. The van der Waals surface area contributed by atoms with Gasteiger partial charge in [0.15, 0.2) is 0 Å². The summed E-state index contributed by atoms with van der Waals surface area (Å²) in [5, 5.41) is 2.64. The summed E-state index contributed by atoms with van der Waals surface area (Å²) in [6.45, 7) is 5.28. The van der Waals surface area contributed by atoms with Crippen LogP contribution in [0.2, 0.25) is 0 Å². The van der Waals surface area contributed by atoms with E-state index in [1.54, 1.807) is 39.0 Å². The second kappa shape index (κ2) is 4.40. The van der Waals surface area contributed by atoms with E-state index in [4.69, 9.17) is 4.74 Å². The molecule has 0 amide bonds. The van der Waals surface area contributed by atoms with Crippen LogP contribution in [0.1, 0.15) is 32.8 Å². The fourth-order valence-electron chi connectivity index (χ4n) is 2.79. The van der Waals surface area contributed by atoms with Gasteiger partial charge in [-0.3, -0.25) is 5.32 Å². The van der Waals surface area contributed by atoms with E-state index in [1.807, 2.05) is 0 Å². The number of ether oxygens (including phenoxy) is 1. The van der Waals surface area contributed by atoms with Crippen molar-refractivity contribution in [3.8, 4) is 5.75 Å². The number of hydrogen-bond acceptors (Lipinski definition) is 2. The van der Waals surface area contributed by atoms with Gasteiger partial charge in [0.1, 0.15) is 16.9 Å². The maximum atomic E-state index is 13.7. The molecule has 2 rings (SSSR count). The zero-order valence-corrected chi connectivity index (χ0v) is 11.3. The minimum absolute atomic E-state index is 0.144. The van der Waals surface area contributed by atoms with Gasteiger partial charge in [-0.25, -0.2) is 0 Å². The molecule has 0 fully saturated rings. The van der Waals surface area contributed by atoms with Gasteiger partial charge < -0.3 is 4.74 Å². The molecule has 1 heterocycles. The van der Waals surface area contributed by atoms with E-state index in [9.17, 15) is 13.2 Å². The average molecular weight is 273 g/mol. The summed E-state index contributed by atoms with van der Waals surface area (Å²) >= 11 is 0. The van der Waals surface area contributed by atoms with Gasteiger partial charge in [0.05, 0.1) is 0 Å². The van der Waals surface area contributed by atoms with Crippen molar-refractivity contribution in [1.82, 2.24) is 5.32 Å². The Morgan fingerprint density at radius 2 is 1.89 bits per heavy atom. The van der Waals surface area contributed by atoms with Crippen molar-refractivity contribution in [2.24, 2.45) is 0 Å². The van der Waals surface area contributed by atoms with Crippen molar-refractivity contribution >= 4 is 0 Å². The molecule has 1 unspecified atom stereocenters. The molecule has 0 aliphatic carbocycles. The van der Waals surface area contributed by atoms with Crippen molar-refractivity contribution < 1.29 is 17.9 Å². The molecule has 5 heteroatoms. The average Bonchev–Trinajstić information content (AvgIpc) is 2.26. The molecule has 106 valence electrons. The van der Waals surface area contributed by atoms with Gasteiger partial charge in [-0.2, -0.15) is 13.2 Å². The Morgan fingerprint density at radius 3 is 2.47 bits per heavy atom. The fraction of sp³-hybridized carbons (Fsp3) is 0.571. The van der Waals surface area contributed by atoms with Gasteiger partial charge in [0.25, 0.3) is 0 Å². The van der Waals surface area contributed by atoms with E-state index < -0.39 is 17.3 Å². The third kappa shape index (κ3) is 2.31. The number of halogens is 3. The van der Waals surface area contributed by atoms with Gasteiger partial charge in [-0.05, 0) is 26.5 Å². The predicted octanol–water partition coefficient (Wildman–Crippen LogP) is 3.61. The van der Waals surface area contributed by atoms with Crippen LogP contribution in [-0.4, -0.2) is 18.3 Å². The number of alkyl halides is 3. The van der Waals surface area contributed by atoms with Gasteiger partial charge in [-0.1, -0.05) is 25.1 Å². The number of para-hydroxylation sites is 1. The summed E-state index contributed by atoms with van der Waals surface area (Å²) in [5.74, 6) is 0.303. The molecule has 1 aromatic carbocycles. The van der Waals surface area contributed by atoms with E-state index in [1.165, 1.54) is 6.07 Å². The first-order valence-electron chi connectivity index (χ1n) is 6.32. The number of nitrogens with one attached hydrogen (secondary N) is 1. The molecule has 1 N–H and O–H groups in total. The van der Waals surface area contributed by atoms with E-state index in [0.717, 1.165) is 0 Å². The van der Waals surface area contributed by atoms with Gasteiger partial charge in [0.2, 0.25) is 0 Å². The van der Waals surface area contributed by atoms with Gasteiger partial charge in [0, 0.05) is 12.0 Å². The molecular formula is C14H18F3NO. The third-order valence-corrected chi connectivity index (χ3v) is 3.39. The Hall–Kier alpha value is -1.23. The summed E-state index contributed by atoms with van der Waals surface area (Å²) in [7, 11) is 0. The fourth-order valence-corrected chi connectivity index (χ4v) is 2.79. The van der Waals surface area contributed by atoms with Crippen LogP contribution < -0.4 is 10.1 Å². The summed E-state index contributed by atoms with van der Waals surface area (Å²) in [4.78, 5) is 0. The lowest BCUT2D eigenvalue weighted by Gasteiger charge is -2.47. The summed E-state index contributed by atoms with van der Waals surface area (Å²) in [6.07, 6.45) is -4.52. The molecule has 0 aromatic heterocycles.